The Kier molecular flexibility index (Phi) is 5.16. The second-order valence-electron chi connectivity index (χ2n) is 4.82. The summed E-state index contributed by atoms with van der Waals surface area (Å²) in [6.45, 7) is 0. The number of nitrogens with one attached hydrogen (secondary N) is 1. The number of nitrogens with zero attached hydrogens (tertiary/aromatic N) is 2. The summed E-state index contributed by atoms with van der Waals surface area (Å²) in [4.78, 5) is 20.5. The number of anilines is 1. The normalized spacial score (nSPS) is 11.6. The molecule has 1 N–H and O–H groups in total. The molecule has 1 aliphatic heterocycles. The summed E-state index contributed by atoms with van der Waals surface area (Å²) in [7, 11) is 0. The predicted octanol–water partition coefficient (Wildman–Crippen LogP) is 3.12. The molecule has 2 aromatic rings. The molecule has 1 amide bonds. The van der Waals surface area contributed by atoms with E-state index in [9.17, 15) is 23.7 Å². The third-order valence-corrected chi connectivity index (χ3v) is 3.28. The van der Waals surface area contributed by atoms with Crippen LogP contribution in [-0.2, 0) is 17.6 Å². The van der Waals surface area contributed by atoms with E-state index in [2.05, 4.69) is 5.32 Å². The first-order valence-corrected chi connectivity index (χ1v) is 6.80. The SMILES string of the molecule is N#CCc1c(F)cccc1[N+](=O)[O-].O=C1Cc2c(F)cccc2N1. The summed E-state index contributed by atoms with van der Waals surface area (Å²) >= 11 is 0. The molecule has 0 bridgehead atoms. The van der Waals surface area contributed by atoms with Crippen molar-refractivity contribution in [3.05, 3.63) is 69.3 Å². The summed E-state index contributed by atoms with van der Waals surface area (Å²) in [5, 5.41) is 21.2. The lowest BCUT2D eigenvalue weighted by Gasteiger charge is -1.98. The highest BCUT2D eigenvalue weighted by molar-refractivity contribution is 5.99. The first-order chi connectivity index (χ1) is 11.4. The molecule has 0 saturated carbocycles. The minimum Gasteiger partial charge on any atom is -0.325 e. The number of amides is 1. The van der Waals surface area contributed by atoms with Gasteiger partial charge in [0.1, 0.15) is 11.6 Å². The van der Waals surface area contributed by atoms with Crippen LogP contribution in [0.1, 0.15) is 11.1 Å². The maximum Gasteiger partial charge on any atom is 0.276 e. The third-order valence-electron chi connectivity index (χ3n) is 3.28. The Balaban J connectivity index is 0.000000175. The summed E-state index contributed by atoms with van der Waals surface area (Å²) in [5.74, 6) is -1.15. The van der Waals surface area contributed by atoms with Gasteiger partial charge in [0.25, 0.3) is 5.69 Å². The number of benzene rings is 2. The number of nitro benzene ring substituents is 1. The predicted molar refractivity (Wildman–Crippen MR) is 81.1 cm³/mol. The average Bonchev–Trinajstić information content (AvgIpc) is 2.92. The largest absolute Gasteiger partial charge is 0.325 e. The molecule has 1 aliphatic rings. The van der Waals surface area contributed by atoms with E-state index >= 15 is 0 Å². The fraction of sp³-hybridized carbons (Fsp3) is 0.125. The van der Waals surface area contributed by atoms with E-state index in [4.69, 9.17) is 5.26 Å². The fourth-order valence-electron chi connectivity index (χ4n) is 2.18. The van der Waals surface area contributed by atoms with E-state index in [0.717, 1.165) is 6.07 Å². The van der Waals surface area contributed by atoms with Crippen LogP contribution < -0.4 is 5.32 Å². The van der Waals surface area contributed by atoms with Crippen molar-refractivity contribution >= 4 is 17.3 Å². The zero-order valence-electron chi connectivity index (χ0n) is 12.3. The van der Waals surface area contributed by atoms with Crippen LogP contribution >= 0.6 is 0 Å². The number of nitriles is 1. The number of rotatable bonds is 2. The van der Waals surface area contributed by atoms with Crippen molar-refractivity contribution in [2.75, 3.05) is 5.32 Å². The molecule has 6 nitrogen and oxygen atoms in total. The van der Waals surface area contributed by atoms with Crippen LogP contribution in [0, 0.1) is 33.1 Å². The molecule has 0 saturated heterocycles. The van der Waals surface area contributed by atoms with Gasteiger partial charge in [-0.15, -0.1) is 0 Å². The molecule has 0 radical (unpaired) electrons. The molecule has 0 aromatic heterocycles. The fourth-order valence-corrected chi connectivity index (χ4v) is 2.18. The molecule has 122 valence electrons. The molecule has 0 fully saturated rings. The summed E-state index contributed by atoms with van der Waals surface area (Å²) in [5.41, 5.74) is 0.587. The monoisotopic (exact) mass is 331 g/mol. The van der Waals surface area contributed by atoms with Gasteiger partial charge in [0, 0.05) is 17.3 Å². The smallest absolute Gasteiger partial charge is 0.276 e. The average molecular weight is 331 g/mol. The molecule has 1 heterocycles. The number of carbonyl (C=O) groups excluding carboxylic acids is 1. The zero-order chi connectivity index (χ0) is 17.7. The lowest BCUT2D eigenvalue weighted by Crippen LogP contribution is -2.03. The van der Waals surface area contributed by atoms with Gasteiger partial charge in [0.05, 0.1) is 29.4 Å². The number of fused-ring (bicyclic) bond motifs is 1. The molecule has 0 aliphatic carbocycles. The second kappa shape index (κ2) is 7.28. The quantitative estimate of drug-likeness (QED) is 0.675. The molecule has 0 atom stereocenters. The van der Waals surface area contributed by atoms with Crippen LogP contribution in [0.4, 0.5) is 20.2 Å². The van der Waals surface area contributed by atoms with E-state index in [1.807, 2.05) is 0 Å². The Morgan fingerprint density at radius 1 is 1.21 bits per heavy atom. The van der Waals surface area contributed by atoms with Gasteiger partial charge < -0.3 is 5.32 Å². The van der Waals surface area contributed by atoms with Gasteiger partial charge in [-0.2, -0.15) is 5.26 Å². The van der Waals surface area contributed by atoms with E-state index in [1.54, 1.807) is 18.2 Å². The van der Waals surface area contributed by atoms with Crippen molar-refractivity contribution in [1.29, 1.82) is 5.26 Å². The van der Waals surface area contributed by atoms with Crippen molar-refractivity contribution in [2.45, 2.75) is 12.8 Å². The van der Waals surface area contributed by atoms with E-state index in [0.29, 0.717) is 11.3 Å². The van der Waals surface area contributed by atoms with E-state index < -0.39 is 10.7 Å². The second-order valence-corrected chi connectivity index (χ2v) is 4.82. The Hall–Kier alpha value is -3.34. The molecular formula is C16H11F2N3O3. The maximum absolute atomic E-state index is 12.9. The molecule has 8 heteroatoms. The van der Waals surface area contributed by atoms with E-state index in [1.165, 1.54) is 18.2 Å². The molecule has 24 heavy (non-hydrogen) atoms. The van der Waals surface area contributed by atoms with Gasteiger partial charge in [-0.25, -0.2) is 8.78 Å². The van der Waals surface area contributed by atoms with Crippen LogP contribution in [0.5, 0.6) is 0 Å². The standard InChI is InChI=1S/C8H5FN2O2.C8H6FNO/c9-7-2-1-3-8(11(12)13)6(7)4-5-10;9-6-2-1-3-7-5(6)4-8(11)10-7/h1-3H,4H2;1-3H,4H2,(H,10,11). The summed E-state index contributed by atoms with van der Waals surface area (Å²) < 4.78 is 25.8. The van der Waals surface area contributed by atoms with Crippen molar-refractivity contribution in [1.82, 2.24) is 0 Å². The van der Waals surface area contributed by atoms with Gasteiger partial charge in [-0.3, -0.25) is 14.9 Å². The number of nitro groups is 1. The van der Waals surface area contributed by atoms with Crippen molar-refractivity contribution in [3.63, 3.8) is 0 Å². The molecular weight excluding hydrogens is 320 g/mol. The van der Waals surface area contributed by atoms with Crippen LogP contribution in [-0.4, -0.2) is 10.8 Å². The minimum absolute atomic E-state index is 0.134. The lowest BCUT2D eigenvalue weighted by molar-refractivity contribution is -0.385. The van der Waals surface area contributed by atoms with Gasteiger partial charge in [-0.05, 0) is 18.2 Å². The first kappa shape index (κ1) is 17.0. The molecule has 0 unspecified atom stereocenters. The van der Waals surface area contributed by atoms with Crippen LogP contribution in [0.3, 0.4) is 0 Å². The van der Waals surface area contributed by atoms with Gasteiger partial charge in [0.2, 0.25) is 5.91 Å². The van der Waals surface area contributed by atoms with Crippen molar-refractivity contribution in [3.8, 4) is 6.07 Å². The zero-order valence-corrected chi connectivity index (χ0v) is 12.3. The minimum atomic E-state index is -0.712. The third kappa shape index (κ3) is 3.70. The Morgan fingerprint density at radius 2 is 1.88 bits per heavy atom. The number of halogens is 2. The number of hydrogen-bond donors (Lipinski definition) is 1. The van der Waals surface area contributed by atoms with Crippen molar-refractivity contribution in [2.24, 2.45) is 0 Å². The lowest BCUT2D eigenvalue weighted by atomic mass is 10.1. The molecule has 3 rings (SSSR count). The first-order valence-electron chi connectivity index (χ1n) is 6.80. The Labute approximate surface area is 135 Å². The topological polar surface area (TPSA) is 96.0 Å². The summed E-state index contributed by atoms with van der Waals surface area (Å²) in [6, 6.07) is 9.83. The van der Waals surface area contributed by atoms with Crippen LogP contribution in [0.25, 0.3) is 0 Å². The number of carbonyl (C=O) groups is 1. The summed E-state index contributed by atoms with van der Waals surface area (Å²) in [6.07, 6.45) is -0.120. The van der Waals surface area contributed by atoms with Gasteiger partial charge >= 0.3 is 0 Å². The maximum atomic E-state index is 12.9. The Morgan fingerprint density at radius 3 is 2.50 bits per heavy atom. The highest BCUT2D eigenvalue weighted by Gasteiger charge is 2.20. The van der Waals surface area contributed by atoms with Crippen molar-refractivity contribution < 1.29 is 18.5 Å². The Bertz CT molecular complexity index is 847. The molecule has 2 aromatic carbocycles. The van der Waals surface area contributed by atoms with Crippen LogP contribution in [0.15, 0.2) is 36.4 Å². The number of hydrogen-bond acceptors (Lipinski definition) is 4. The highest BCUT2D eigenvalue weighted by Crippen LogP contribution is 2.24. The van der Waals surface area contributed by atoms with E-state index in [-0.39, 0.29) is 35.8 Å². The van der Waals surface area contributed by atoms with Gasteiger partial charge in [-0.1, -0.05) is 12.1 Å². The highest BCUT2D eigenvalue weighted by atomic mass is 19.1. The molecule has 0 spiro atoms. The van der Waals surface area contributed by atoms with Gasteiger partial charge in [0.15, 0.2) is 0 Å². The van der Waals surface area contributed by atoms with Crippen LogP contribution in [0.2, 0.25) is 0 Å².